The van der Waals surface area contributed by atoms with Gasteiger partial charge in [-0.3, -0.25) is 18.2 Å². The average molecular weight is 551 g/mol. The average Bonchev–Trinajstić information content (AvgIpc) is 3.21. The summed E-state index contributed by atoms with van der Waals surface area (Å²) < 4.78 is 71.9. The van der Waals surface area contributed by atoms with E-state index in [1.165, 1.54) is 12.7 Å². The molecule has 34 heavy (non-hydrogen) atoms. The Balaban J connectivity index is 0.000000489. The molecule has 2 aromatic rings. The standard InChI is InChI=1S/C14H23N6O3S.2H2O4S/c1-24(4-2-3-15)5-8-10(21)11(22)14(23-8)20-7-19-9-12(16)17-6-18-13(9)20;2*1-5(2,3)4/h6-8,10-11,14,21-22H,2-5,15H2,1H3,(H2,16,17,18);2*(H2,1,2,3,4)/q+1;;/p-1. The first-order valence-electron chi connectivity index (χ1n) is 9.15. The van der Waals surface area contributed by atoms with Crippen molar-refractivity contribution in [3.05, 3.63) is 12.7 Å². The van der Waals surface area contributed by atoms with E-state index >= 15 is 0 Å². The first-order chi connectivity index (χ1) is 15.5. The fourth-order valence-corrected chi connectivity index (χ4v) is 4.51. The number of anilines is 1. The molecule has 0 amide bonds. The number of imidazole rings is 1. The highest BCUT2D eigenvalue weighted by molar-refractivity contribution is 7.96. The van der Waals surface area contributed by atoms with Crippen molar-refractivity contribution in [3.63, 3.8) is 0 Å². The smallest absolute Gasteiger partial charge is 0.394 e. The second-order valence-electron chi connectivity index (χ2n) is 6.80. The van der Waals surface area contributed by atoms with Crippen LogP contribution in [0.25, 0.3) is 11.2 Å². The van der Waals surface area contributed by atoms with E-state index in [0.717, 1.165) is 12.2 Å². The SMILES string of the molecule is C[S+](CCCN)CC1OC(n2cnc3c(N)ncnc32)C(O)C1O.O=S(=O)(O)O.O=S(=O)([O-])O. The summed E-state index contributed by atoms with van der Waals surface area (Å²) in [6, 6.07) is 0. The first kappa shape index (κ1) is 30.3. The molecule has 0 spiro atoms. The van der Waals surface area contributed by atoms with E-state index in [1.807, 2.05) is 0 Å². The molecule has 196 valence electrons. The molecular formula is C14H26N6O11S3. The Bertz CT molecular complexity index is 1080. The van der Waals surface area contributed by atoms with Crippen LogP contribution in [0.3, 0.4) is 0 Å². The largest absolute Gasteiger partial charge is 0.726 e. The van der Waals surface area contributed by atoms with Gasteiger partial charge in [0.05, 0.1) is 12.6 Å². The van der Waals surface area contributed by atoms with Crippen molar-refractivity contribution in [2.24, 2.45) is 5.73 Å². The van der Waals surface area contributed by atoms with Gasteiger partial charge in [-0.2, -0.15) is 8.42 Å². The summed E-state index contributed by atoms with van der Waals surface area (Å²) in [6.45, 7) is 0.652. The van der Waals surface area contributed by atoms with Crippen LogP contribution in [0.15, 0.2) is 12.7 Å². The maximum absolute atomic E-state index is 10.4. The molecule has 20 heteroatoms. The summed E-state index contributed by atoms with van der Waals surface area (Å²) >= 11 is 0. The quantitative estimate of drug-likeness (QED) is 0.107. The van der Waals surface area contributed by atoms with Crippen LogP contribution in [-0.4, -0.2) is 107 Å². The Kier molecular flexibility index (Phi) is 11.4. The fourth-order valence-electron chi connectivity index (χ4n) is 2.85. The van der Waals surface area contributed by atoms with Gasteiger partial charge in [-0.15, -0.1) is 0 Å². The molecule has 1 saturated heterocycles. The Labute approximate surface area is 197 Å². The Hall–Kier alpha value is -1.72. The lowest BCUT2D eigenvalue weighted by Crippen LogP contribution is -2.35. The summed E-state index contributed by atoms with van der Waals surface area (Å²) in [5.74, 6) is 1.93. The second-order valence-corrected chi connectivity index (χ2v) is 10.9. The van der Waals surface area contributed by atoms with Gasteiger partial charge in [0, 0.05) is 6.42 Å². The van der Waals surface area contributed by atoms with Crippen molar-refractivity contribution in [2.45, 2.75) is 31.0 Å². The summed E-state index contributed by atoms with van der Waals surface area (Å²) in [6.07, 6.45) is 2.68. The Morgan fingerprint density at radius 2 is 1.71 bits per heavy atom. The van der Waals surface area contributed by atoms with E-state index in [9.17, 15) is 10.2 Å². The van der Waals surface area contributed by atoms with E-state index in [2.05, 4.69) is 21.2 Å². The number of aromatic nitrogens is 4. The minimum Gasteiger partial charge on any atom is -0.726 e. The molecule has 9 N–H and O–H groups in total. The number of aliphatic hydroxyl groups is 2. The number of fused-ring (bicyclic) bond motifs is 1. The van der Waals surface area contributed by atoms with Gasteiger partial charge in [0.25, 0.3) is 0 Å². The zero-order valence-corrected chi connectivity index (χ0v) is 20.1. The number of rotatable bonds is 6. The summed E-state index contributed by atoms with van der Waals surface area (Å²) in [7, 11) is -9.52. The van der Waals surface area contributed by atoms with E-state index in [4.69, 9.17) is 51.3 Å². The maximum Gasteiger partial charge on any atom is 0.394 e. The zero-order chi connectivity index (χ0) is 26.3. The van der Waals surface area contributed by atoms with Gasteiger partial charge in [-0.1, -0.05) is 0 Å². The van der Waals surface area contributed by atoms with Gasteiger partial charge in [-0.25, -0.2) is 23.4 Å². The topological polar surface area (TPSA) is 297 Å². The van der Waals surface area contributed by atoms with Gasteiger partial charge in [0.15, 0.2) is 17.7 Å². The molecule has 0 aliphatic carbocycles. The number of nitrogen functional groups attached to an aromatic ring is 1. The van der Waals surface area contributed by atoms with Crippen molar-refractivity contribution < 1.29 is 50.0 Å². The van der Waals surface area contributed by atoms with E-state index in [1.54, 1.807) is 4.57 Å². The molecule has 0 aromatic carbocycles. The normalized spacial score (nSPS) is 23.5. The van der Waals surface area contributed by atoms with Crippen molar-refractivity contribution in [2.75, 3.05) is 30.0 Å². The summed E-state index contributed by atoms with van der Waals surface area (Å²) in [5.41, 5.74) is 12.2. The van der Waals surface area contributed by atoms with Crippen molar-refractivity contribution in [1.82, 2.24) is 19.5 Å². The molecule has 0 radical (unpaired) electrons. The number of nitrogens with two attached hydrogens (primary N) is 2. The highest BCUT2D eigenvalue weighted by atomic mass is 32.3. The van der Waals surface area contributed by atoms with Crippen LogP contribution in [-0.2, 0) is 36.4 Å². The predicted octanol–water partition coefficient (Wildman–Crippen LogP) is -3.02. The third-order valence-corrected chi connectivity index (χ3v) is 6.03. The molecule has 17 nitrogen and oxygen atoms in total. The van der Waals surface area contributed by atoms with Gasteiger partial charge >= 0.3 is 10.4 Å². The number of hydrogen-bond acceptors (Lipinski definition) is 13. The predicted molar refractivity (Wildman–Crippen MR) is 119 cm³/mol. The van der Waals surface area contributed by atoms with Gasteiger partial charge < -0.3 is 31.0 Å². The van der Waals surface area contributed by atoms with Crippen molar-refractivity contribution in [1.29, 1.82) is 0 Å². The monoisotopic (exact) mass is 550 g/mol. The molecule has 2 aromatic heterocycles. The second kappa shape index (κ2) is 12.8. The van der Waals surface area contributed by atoms with E-state index < -0.39 is 45.3 Å². The molecule has 0 saturated carbocycles. The molecule has 5 atom stereocenters. The van der Waals surface area contributed by atoms with Crippen LogP contribution in [0, 0.1) is 0 Å². The lowest BCUT2D eigenvalue weighted by atomic mass is 10.1. The summed E-state index contributed by atoms with van der Waals surface area (Å²) in [4.78, 5) is 12.2. The molecular weight excluding hydrogens is 524 g/mol. The Morgan fingerprint density at radius 3 is 2.24 bits per heavy atom. The van der Waals surface area contributed by atoms with Gasteiger partial charge in [-0.05, 0) is 17.4 Å². The first-order valence-corrected chi connectivity index (χ1v) is 13.9. The van der Waals surface area contributed by atoms with Crippen molar-refractivity contribution >= 4 is 48.7 Å². The maximum atomic E-state index is 10.4. The molecule has 5 unspecified atom stereocenters. The van der Waals surface area contributed by atoms with Crippen molar-refractivity contribution in [3.8, 4) is 0 Å². The van der Waals surface area contributed by atoms with E-state index in [-0.39, 0.29) is 16.7 Å². The zero-order valence-electron chi connectivity index (χ0n) is 17.6. The van der Waals surface area contributed by atoms with Crippen LogP contribution in [0.1, 0.15) is 12.6 Å². The third kappa shape index (κ3) is 10.7. The Morgan fingerprint density at radius 1 is 1.15 bits per heavy atom. The van der Waals surface area contributed by atoms with Crippen LogP contribution < -0.4 is 11.5 Å². The lowest BCUT2D eigenvalue weighted by molar-refractivity contribution is -0.0290. The number of aliphatic hydroxyl groups excluding tert-OH is 2. The molecule has 3 rings (SSSR count). The minimum atomic E-state index is -4.92. The summed E-state index contributed by atoms with van der Waals surface area (Å²) in [5, 5.41) is 20.7. The minimum absolute atomic E-state index is 0.0655. The highest BCUT2D eigenvalue weighted by Crippen LogP contribution is 2.32. The van der Waals surface area contributed by atoms with Gasteiger partial charge in [0.1, 0.15) is 41.7 Å². The fraction of sp³-hybridized carbons (Fsp3) is 0.643. The van der Waals surface area contributed by atoms with Gasteiger partial charge in [0.2, 0.25) is 10.4 Å². The molecule has 1 fully saturated rings. The molecule has 1 aliphatic rings. The molecule has 1 aliphatic heterocycles. The number of ether oxygens (including phenoxy) is 1. The van der Waals surface area contributed by atoms with E-state index in [0.29, 0.717) is 23.5 Å². The highest BCUT2D eigenvalue weighted by Gasteiger charge is 2.46. The lowest BCUT2D eigenvalue weighted by Gasteiger charge is -2.16. The van der Waals surface area contributed by atoms with Crippen LogP contribution in [0.2, 0.25) is 0 Å². The van der Waals surface area contributed by atoms with Crippen LogP contribution in [0.4, 0.5) is 5.82 Å². The van der Waals surface area contributed by atoms with Crippen LogP contribution >= 0.6 is 0 Å². The third-order valence-electron chi connectivity index (χ3n) is 4.14. The van der Waals surface area contributed by atoms with Crippen LogP contribution in [0.5, 0.6) is 0 Å². The number of nitrogens with zero attached hydrogens (tertiary/aromatic N) is 4. The molecule has 0 bridgehead atoms. The number of hydrogen-bond donors (Lipinski definition) is 7. The molecule has 3 heterocycles.